The lowest BCUT2D eigenvalue weighted by atomic mass is 10.1. The van der Waals surface area contributed by atoms with E-state index in [-0.39, 0.29) is 5.91 Å². The minimum atomic E-state index is 0.0286. The third-order valence-corrected chi connectivity index (χ3v) is 2.88. The summed E-state index contributed by atoms with van der Waals surface area (Å²) in [6, 6.07) is 5.15. The molecule has 1 saturated heterocycles. The minimum absolute atomic E-state index is 0.0286. The summed E-state index contributed by atoms with van der Waals surface area (Å²) in [5, 5.41) is 3.21. The number of benzene rings is 1. The number of nitrogens with two attached hydrogens (primary N) is 1. The molecule has 0 saturated carbocycles. The number of amides is 1. The van der Waals surface area contributed by atoms with E-state index in [0.29, 0.717) is 17.0 Å². The van der Waals surface area contributed by atoms with Crippen molar-refractivity contribution in [1.82, 2.24) is 10.2 Å². The van der Waals surface area contributed by atoms with Gasteiger partial charge in [0.15, 0.2) is 0 Å². The summed E-state index contributed by atoms with van der Waals surface area (Å²) in [5.74, 6) is 0.628. The first-order chi connectivity index (χ1) is 8.22. The second-order valence-electron chi connectivity index (χ2n) is 4.00. The molecule has 17 heavy (non-hydrogen) atoms. The largest absolute Gasteiger partial charge is 0.495 e. The van der Waals surface area contributed by atoms with Crippen LogP contribution in [-0.2, 0) is 0 Å². The average molecular weight is 235 g/mol. The number of hydrogen-bond acceptors (Lipinski definition) is 4. The van der Waals surface area contributed by atoms with Crippen molar-refractivity contribution in [2.45, 2.75) is 0 Å². The summed E-state index contributed by atoms with van der Waals surface area (Å²) in [6.07, 6.45) is 0. The normalized spacial score (nSPS) is 15.7. The topological polar surface area (TPSA) is 67.6 Å². The van der Waals surface area contributed by atoms with Gasteiger partial charge < -0.3 is 20.7 Å². The highest BCUT2D eigenvalue weighted by atomic mass is 16.5. The van der Waals surface area contributed by atoms with E-state index in [0.717, 1.165) is 26.2 Å². The van der Waals surface area contributed by atoms with Crippen LogP contribution in [0.5, 0.6) is 5.75 Å². The lowest BCUT2D eigenvalue weighted by Gasteiger charge is -2.27. The molecule has 92 valence electrons. The monoisotopic (exact) mass is 235 g/mol. The number of anilines is 1. The molecule has 1 aliphatic heterocycles. The number of nitrogen functional groups attached to an aromatic ring is 1. The van der Waals surface area contributed by atoms with Crippen molar-refractivity contribution in [3.8, 4) is 5.75 Å². The second kappa shape index (κ2) is 5.05. The summed E-state index contributed by atoms with van der Waals surface area (Å²) < 4.78 is 5.07. The van der Waals surface area contributed by atoms with Crippen molar-refractivity contribution in [1.29, 1.82) is 0 Å². The van der Waals surface area contributed by atoms with Crippen LogP contribution < -0.4 is 15.8 Å². The zero-order valence-electron chi connectivity index (χ0n) is 9.90. The fourth-order valence-electron chi connectivity index (χ4n) is 1.92. The predicted octanol–water partition coefficient (Wildman–Crippen LogP) is 0.323. The minimum Gasteiger partial charge on any atom is -0.495 e. The van der Waals surface area contributed by atoms with Crippen molar-refractivity contribution in [2.75, 3.05) is 39.0 Å². The van der Waals surface area contributed by atoms with Crippen LogP contribution in [0.15, 0.2) is 18.2 Å². The number of nitrogens with one attached hydrogen (secondary N) is 1. The van der Waals surface area contributed by atoms with Crippen molar-refractivity contribution < 1.29 is 9.53 Å². The molecule has 3 N–H and O–H groups in total. The Balaban J connectivity index is 2.16. The molecule has 0 aromatic heterocycles. The maximum atomic E-state index is 12.2. The number of ether oxygens (including phenoxy) is 1. The van der Waals surface area contributed by atoms with Gasteiger partial charge in [-0.25, -0.2) is 0 Å². The van der Waals surface area contributed by atoms with E-state index in [1.807, 2.05) is 4.90 Å². The molecule has 1 amide bonds. The van der Waals surface area contributed by atoms with E-state index < -0.39 is 0 Å². The number of rotatable bonds is 2. The van der Waals surface area contributed by atoms with Crippen LogP contribution in [0.1, 0.15) is 10.4 Å². The fourth-order valence-corrected chi connectivity index (χ4v) is 1.92. The maximum absolute atomic E-state index is 12.2. The molecule has 1 aromatic carbocycles. The SMILES string of the molecule is COc1ccc(C(=O)N2CCNCC2)cc1N. The molecule has 1 aromatic rings. The molecule has 5 heteroatoms. The third-order valence-electron chi connectivity index (χ3n) is 2.88. The van der Waals surface area contributed by atoms with Gasteiger partial charge >= 0.3 is 0 Å². The third kappa shape index (κ3) is 2.50. The fraction of sp³-hybridized carbons (Fsp3) is 0.417. The molecular formula is C12H17N3O2. The first-order valence-corrected chi connectivity index (χ1v) is 5.66. The highest BCUT2D eigenvalue weighted by Crippen LogP contribution is 2.22. The smallest absolute Gasteiger partial charge is 0.254 e. The Morgan fingerprint density at radius 2 is 2.12 bits per heavy atom. The van der Waals surface area contributed by atoms with E-state index >= 15 is 0 Å². The van der Waals surface area contributed by atoms with Gasteiger partial charge in [0.25, 0.3) is 5.91 Å². The van der Waals surface area contributed by atoms with Gasteiger partial charge in [0.2, 0.25) is 0 Å². The number of nitrogens with zero attached hydrogens (tertiary/aromatic N) is 1. The molecule has 0 spiro atoms. The summed E-state index contributed by atoms with van der Waals surface area (Å²) in [4.78, 5) is 14.0. The van der Waals surface area contributed by atoms with Crippen LogP contribution in [0.3, 0.4) is 0 Å². The van der Waals surface area contributed by atoms with Crippen LogP contribution in [-0.4, -0.2) is 44.1 Å². The van der Waals surface area contributed by atoms with Crippen molar-refractivity contribution >= 4 is 11.6 Å². The Bertz CT molecular complexity index is 414. The zero-order valence-corrected chi connectivity index (χ0v) is 9.90. The number of piperazine rings is 1. The van der Waals surface area contributed by atoms with E-state index in [2.05, 4.69) is 5.32 Å². The summed E-state index contributed by atoms with van der Waals surface area (Å²) in [6.45, 7) is 3.17. The highest BCUT2D eigenvalue weighted by Gasteiger charge is 2.18. The van der Waals surface area contributed by atoms with Gasteiger partial charge in [-0.1, -0.05) is 0 Å². The van der Waals surface area contributed by atoms with Crippen LogP contribution in [0.25, 0.3) is 0 Å². The molecule has 0 atom stereocenters. The lowest BCUT2D eigenvalue weighted by molar-refractivity contribution is 0.0736. The van der Waals surface area contributed by atoms with E-state index in [1.165, 1.54) is 0 Å². The van der Waals surface area contributed by atoms with Crippen molar-refractivity contribution in [2.24, 2.45) is 0 Å². The molecule has 0 bridgehead atoms. The summed E-state index contributed by atoms with van der Waals surface area (Å²) >= 11 is 0. The van der Waals surface area contributed by atoms with E-state index in [9.17, 15) is 4.79 Å². The standard InChI is InChI=1S/C12H17N3O2/c1-17-11-3-2-9(8-10(11)13)12(16)15-6-4-14-5-7-15/h2-3,8,14H,4-7,13H2,1H3. The number of hydrogen-bond donors (Lipinski definition) is 2. The first-order valence-electron chi connectivity index (χ1n) is 5.66. The van der Waals surface area contributed by atoms with E-state index in [4.69, 9.17) is 10.5 Å². The Morgan fingerprint density at radius 1 is 1.41 bits per heavy atom. The Kier molecular flexibility index (Phi) is 3.49. The van der Waals surface area contributed by atoms with Gasteiger partial charge in [0, 0.05) is 31.7 Å². The maximum Gasteiger partial charge on any atom is 0.254 e. The quantitative estimate of drug-likeness (QED) is 0.725. The predicted molar refractivity (Wildman–Crippen MR) is 66.2 cm³/mol. The zero-order chi connectivity index (χ0) is 12.3. The average Bonchev–Trinajstić information content (AvgIpc) is 2.39. The second-order valence-corrected chi connectivity index (χ2v) is 4.00. The molecule has 1 aliphatic rings. The number of carbonyl (C=O) groups is 1. The Hall–Kier alpha value is -1.75. The van der Waals surface area contributed by atoms with Crippen LogP contribution in [0.4, 0.5) is 5.69 Å². The molecule has 0 radical (unpaired) electrons. The molecule has 1 heterocycles. The van der Waals surface area contributed by atoms with Crippen LogP contribution in [0.2, 0.25) is 0 Å². The van der Waals surface area contributed by atoms with Gasteiger partial charge in [-0.15, -0.1) is 0 Å². The number of methoxy groups -OCH3 is 1. The molecule has 5 nitrogen and oxygen atoms in total. The Labute approximate surface area is 101 Å². The van der Waals surface area contributed by atoms with Gasteiger partial charge in [-0.2, -0.15) is 0 Å². The molecule has 0 unspecified atom stereocenters. The van der Waals surface area contributed by atoms with E-state index in [1.54, 1.807) is 25.3 Å². The molecule has 2 rings (SSSR count). The molecular weight excluding hydrogens is 218 g/mol. The highest BCUT2D eigenvalue weighted by molar-refractivity contribution is 5.95. The van der Waals surface area contributed by atoms with Crippen LogP contribution >= 0.6 is 0 Å². The Morgan fingerprint density at radius 3 is 2.71 bits per heavy atom. The van der Waals surface area contributed by atoms with Crippen molar-refractivity contribution in [3.05, 3.63) is 23.8 Å². The number of carbonyl (C=O) groups excluding carboxylic acids is 1. The van der Waals surface area contributed by atoms with Crippen molar-refractivity contribution in [3.63, 3.8) is 0 Å². The van der Waals surface area contributed by atoms with Gasteiger partial charge in [0.1, 0.15) is 5.75 Å². The van der Waals surface area contributed by atoms with Gasteiger partial charge in [0.05, 0.1) is 12.8 Å². The van der Waals surface area contributed by atoms with Crippen LogP contribution in [0, 0.1) is 0 Å². The summed E-state index contributed by atoms with van der Waals surface area (Å²) in [7, 11) is 1.56. The lowest BCUT2D eigenvalue weighted by Crippen LogP contribution is -2.46. The summed E-state index contributed by atoms with van der Waals surface area (Å²) in [5.41, 5.74) is 6.90. The molecule has 0 aliphatic carbocycles. The van der Waals surface area contributed by atoms with Gasteiger partial charge in [-0.05, 0) is 18.2 Å². The van der Waals surface area contributed by atoms with Gasteiger partial charge in [-0.3, -0.25) is 4.79 Å². The first kappa shape index (κ1) is 11.7. The molecule has 1 fully saturated rings.